The Balaban J connectivity index is 1.89. The van der Waals surface area contributed by atoms with Crippen molar-refractivity contribution in [3.8, 4) is 0 Å². The molecule has 1 aromatic rings. The molecule has 2 rings (SSSR count). The zero-order valence-corrected chi connectivity index (χ0v) is 10.1. The molecule has 3 nitrogen and oxygen atoms in total. The van der Waals surface area contributed by atoms with Crippen molar-refractivity contribution in [1.82, 2.24) is 9.91 Å². The van der Waals surface area contributed by atoms with Crippen LogP contribution < -0.4 is 0 Å². The maximum atomic E-state index is 4.49. The highest BCUT2D eigenvalue weighted by Crippen LogP contribution is 2.12. The van der Waals surface area contributed by atoms with Gasteiger partial charge >= 0.3 is 0 Å². The number of hydrazone groups is 1. The molecule has 1 aliphatic heterocycles. The first kappa shape index (κ1) is 10.6. The molecule has 2 heterocycles. The van der Waals surface area contributed by atoms with E-state index >= 15 is 0 Å². The van der Waals surface area contributed by atoms with Gasteiger partial charge in [0.25, 0.3) is 0 Å². The summed E-state index contributed by atoms with van der Waals surface area (Å²) >= 11 is 1.79. The molecule has 15 heavy (non-hydrogen) atoms. The molecule has 0 aliphatic carbocycles. The lowest BCUT2D eigenvalue weighted by atomic mass is 10.4. The van der Waals surface area contributed by atoms with Crippen molar-refractivity contribution in [3.05, 3.63) is 21.9 Å². The molecule has 4 heteroatoms. The summed E-state index contributed by atoms with van der Waals surface area (Å²) in [5, 5.41) is 6.64. The largest absolute Gasteiger partial charge is 0.303 e. The second-order valence-corrected chi connectivity index (χ2v) is 5.27. The van der Waals surface area contributed by atoms with Crippen molar-refractivity contribution in [2.75, 3.05) is 33.2 Å². The predicted molar refractivity (Wildman–Crippen MR) is 65.7 cm³/mol. The lowest BCUT2D eigenvalue weighted by molar-refractivity contribution is 0.159. The van der Waals surface area contributed by atoms with E-state index in [1.165, 1.54) is 9.75 Å². The maximum absolute atomic E-state index is 4.49. The van der Waals surface area contributed by atoms with Crippen LogP contribution in [0.5, 0.6) is 0 Å². The van der Waals surface area contributed by atoms with Crippen molar-refractivity contribution in [1.29, 1.82) is 0 Å². The lowest BCUT2D eigenvalue weighted by Gasteiger charge is -2.30. The highest BCUT2D eigenvalue weighted by Gasteiger charge is 2.10. The third-order valence-electron chi connectivity index (χ3n) is 2.59. The Labute approximate surface area is 95.0 Å². The monoisotopic (exact) mass is 223 g/mol. The zero-order valence-electron chi connectivity index (χ0n) is 9.31. The zero-order chi connectivity index (χ0) is 10.7. The Morgan fingerprint density at radius 1 is 1.27 bits per heavy atom. The number of rotatable bonds is 2. The van der Waals surface area contributed by atoms with Gasteiger partial charge in [-0.25, -0.2) is 0 Å². The van der Waals surface area contributed by atoms with Crippen molar-refractivity contribution in [2.24, 2.45) is 5.10 Å². The van der Waals surface area contributed by atoms with Crippen LogP contribution in [0.25, 0.3) is 0 Å². The van der Waals surface area contributed by atoms with E-state index in [0.717, 1.165) is 26.2 Å². The summed E-state index contributed by atoms with van der Waals surface area (Å²) in [6, 6.07) is 4.26. The van der Waals surface area contributed by atoms with E-state index in [0.29, 0.717) is 0 Å². The molecule has 0 unspecified atom stereocenters. The van der Waals surface area contributed by atoms with E-state index in [4.69, 9.17) is 0 Å². The Morgan fingerprint density at radius 2 is 2.00 bits per heavy atom. The summed E-state index contributed by atoms with van der Waals surface area (Å²) in [5.41, 5.74) is 0. The Hall–Kier alpha value is -0.870. The Bertz CT molecular complexity index is 337. The van der Waals surface area contributed by atoms with Gasteiger partial charge in [0, 0.05) is 35.9 Å². The van der Waals surface area contributed by atoms with Crippen molar-refractivity contribution in [2.45, 2.75) is 6.92 Å². The van der Waals surface area contributed by atoms with Crippen molar-refractivity contribution in [3.63, 3.8) is 0 Å². The molecule has 1 saturated heterocycles. The third kappa shape index (κ3) is 3.04. The van der Waals surface area contributed by atoms with Gasteiger partial charge in [-0.3, -0.25) is 5.01 Å². The van der Waals surface area contributed by atoms with E-state index in [2.05, 4.69) is 41.1 Å². The Kier molecular flexibility index (Phi) is 3.38. The smallest absolute Gasteiger partial charge is 0.0642 e. The summed E-state index contributed by atoms with van der Waals surface area (Å²) in [7, 11) is 2.16. The summed E-state index contributed by atoms with van der Waals surface area (Å²) in [6.45, 7) is 6.42. The molecule has 1 fully saturated rings. The fourth-order valence-corrected chi connectivity index (χ4v) is 2.32. The number of hydrogen-bond acceptors (Lipinski definition) is 4. The summed E-state index contributed by atoms with van der Waals surface area (Å²) in [6.07, 6.45) is 1.98. The number of likely N-dealkylation sites (N-methyl/N-ethyl adjacent to an activating group) is 1. The van der Waals surface area contributed by atoms with Crippen molar-refractivity contribution >= 4 is 17.6 Å². The first-order chi connectivity index (χ1) is 7.24. The molecular weight excluding hydrogens is 206 g/mol. The molecular formula is C11H17N3S. The topological polar surface area (TPSA) is 18.8 Å². The predicted octanol–water partition coefficient (Wildman–Crippen LogP) is 1.64. The van der Waals surface area contributed by atoms with Crippen molar-refractivity contribution < 1.29 is 0 Å². The number of piperazine rings is 1. The highest BCUT2D eigenvalue weighted by molar-refractivity contribution is 7.13. The van der Waals surface area contributed by atoms with E-state index in [-0.39, 0.29) is 0 Å². The molecule has 0 atom stereocenters. The average molecular weight is 223 g/mol. The van der Waals surface area contributed by atoms with Crippen LogP contribution in [-0.2, 0) is 0 Å². The van der Waals surface area contributed by atoms with Gasteiger partial charge in [-0.1, -0.05) is 0 Å². The van der Waals surface area contributed by atoms with E-state index < -0.39 is 0 Å². The Morgan fingerprint density at radius 3 is 2.60 bits per heavy atom. The fraction of sp³-hybridized carbons (Fsp3) is 0.545. The standard InChI is InChI=1S/C11H17N3S/c1-10-3-4-11(15-10)9-12-14-7-5-13(2)6-8-14/h3-4,9H,5-8H2,1-2H3. The minimum Gasteiger partial charge on any atom is -0.303 e. The maximum Gasteiger partial charge on any atom is 0.0642 e. The molecule has 0 N–H and O–H groups in total. The second kappa shape index (κ2) is 4.77. The molecule has 0 bridgehead atoms. The third-order valence-corrected chi connectivity index (χ3v) is 3.52. The number of aryl methyl sites for hydroxylation is 1. The summed E-state index contributed by atoms with van der Waals surface area (Å²) < 4.78 is 0. The van der Waals surface area contributed by atoms with Gasteiger partial charge in [0.1, 0.15) is 0 Å². The van der Waals surface area contributed by atoms with Gasteiger partial charge in [0.05, 0.1) is 6.21 Å². The van der Waals surface area contributed by atoms with Crippen LogP contribution in [0.3, 0.4) is 0 Å². The van der Waals surface area contributed by atoms with Crippen LogP contribution in [0.15, 0.2) is 17.2 Å². The molecule has 82 valence electrons. The molecule has 0 radical (unpaired) electrons. The normalized spacial score (nSPS) is 18.9. The van der Waals surface area contributed by atoms with Gasteiger partial charge in [-0.2, -0.15) is 5.10 Å². The molecule has 1 aromatic heterocycles. The summed E-state index contributed by atoms with van der Waals surface area (Å²) in [4.78, 5) is 4.92. The van der Waals surface area contributed by atoms with Crippen LogP contribution in [0.2, 0.25) is 0 Å². The second-order valence-electron chi connectivity index (χ2n) is 3.95. The number of thiophene rings is 1. The molecule has 0 saturated carbocycles. The molecule has 0 aromatic carbocycles. The van der Waals surface area contributed by atoms with Gasteiger partial charge < -0.3 is 4.90 Å². The van der Waals surface area contributed by atoms with E-state index in [1.807, 2.05) is 6.21 Å². The van der Waals surface area contributed by atoms with Crippen LogP contribution in [0, 0.1) is 6.92 Å². The minimum atomic E-state index is 1.04. The number of hydrogen-bond donors (Lipinski definition) is 0. The SMILES string of the molecule is Cc1ccc(C=NN2CCN(C)CC2)s1. The van der Waals surface area contributed by atoms with Crippen LogP contribution in [0.4, 0.5) is 0 Å². The first-order valence-corrected chi connectivity index (χ1v) is 6.09. The lowest BCUT2D eigenvalue weighted by Crippen LogP contribution is -2.41. The quantitative estimate of drug-likeness (QED) is 0.710. The molecule has 0 amide bonds. The van der Waals surface area contributed by atoms with Crippen LogP contribution in [-0.4, -0.2) is 49.4 Å². The van der Waals surface area contributed by atoms with Crippen LogP contribution >= 0.6 is 11.3 Å². The minimum absolute atomic E-state index is 1.04. The average Bonchev–Trinajstić information content (AvgIpc) is 2.64. The van der Waals surface area contributed by atoms with Gasteiger partial charge in [-0.15, -0.1) is 11.3 Å². The fourth-order valence-electron chi connectivity index (χ4n) is 1.57. The molecule has 0 spiro atoms. The van der Waals surface area contributed by atoms with Gasteiger partial charge in [0.2, 0.25) is 0 Å². The van der Waals surface area contributed by atoms with Gasteiger partial charge in [-0.05, 0) is 26.1 Å². The van der Waals surface area contributed by atoms with E-state index in [9.17, 15) is 0 Å². The summed E-state index contributed by atoms with van der Waals surface area (Å²) in [5.74, 6) is 0. The van der Waals surface area contributed by atoms with Crippen LogP contribution in [0.1, 0.15) is 9.75 Å². The first-order valence-electron chi connectivity index (χ1n) is 5.28. The molecule has 1 aliphatic rings. The highest BCUT2D eigenvalue weighted by atomic mass is 32.1. The van der Waals surface area contributed by atoms with Gasteiger partial charge in [0.15, 0.2) is 0 Å². The number of nitrogens with zero attached hydrogens (tertiary/aromatic N) is 3. The van der Waals surface area contributed by atoms with E-state index in [1.54, 1.807) is 11.3 Å².